The number of hydrogen-bond donors (Lipinski definition) is 2. The van der Waals surface area contributed by atoms with Gasteiger partial charge in [-0.2, -0.15) is 0 Å². The van der Waals surface area contributed by atoms with E-state index in [1.807, 2.05) is 24.3 Å². The third-order valence-electron chi connectivity index (χ3n) is 3.91. The molecule has 0 aliphatic heterocycles. The van der Waals surface area contributed by atoms with Gasteiger partial charge in [-0.3, -0.25) is 4.79 Å². The van der Waals surface area contributed by atoms with Crippen LogP contribution < -0.4 is 11.1 Å². The third-order valence-corrected chi connectivity index (χ3v) is 4.74. The number of amides is 1. The quantitative estimate of drug-likeness (QED) is 0.478. The average molecular weight is 384 g/mol. The fraction of sp³-hybridized carbons (Fsp3) is 0.250. The van der Waals surface area contributed by atoms with Crippen molar-refractivity contribution in [2.24, 2.45) is 0 Å². The predicted molar refractivity (Wildman–Crippen MR) is 101 cm³/mol. The zero-order valence-electron chi connectivity index (χ0n) is 14.4. The number of fused-ring (bicyclic) bond motifs is 3. The van der Waals surface area contributed by atoms with Crippen LogP contribution in [-0.2, 0) is 11.3 Å². The summed E-state index contributed by atoms with van der Waals surface area (Å²) in [6.07, 6.45) is 0.968. The van der Waals surface area contributed by atoms with Gasteiger partial charge in [-0.25, -0.2) is 9.61 Å². The van der Waals surface area contributed by atoms with E-state index in [0.717, 1.165) is 35.0 Å². The first-order valence-corrected chi connectivity index (χ1v) is 9.28. The molecule has 4 rings (SSSR count). The molecule has 1 aromatic carbocycles. The van der Waals surface area contributed by atoms with E-state index in [1.165, 1.54) is 11.8 Å². The van der Waals surface area contributed by atoms with Gasteiger partial charge in [-0.1, -0.05) is 36.9 Å². The smallest absolute Gasteiger partial charge is 0.236 e. The molecule has 1 amide bonds. The fourth-order valence-electron chi connectivity index (χ4n) is 2.78. The molecule has 3 aromatic heterocycles. The highest BCUT2D eigenvalue weighted by atomic mass is 32.2. The Bertz CT molecular complexity index is 1120. The van der Waals surface area contributed by atoms with Crippen molar-refractivity contribution < 1.29 is 9.42 Å². The van der Waals surface area contributed by atoms with Crippen LogP contribution in [0.3, 0.4) is 0 Å². The minimum atomic E-state index is -0.319. The molecule has 0 radical (unpaired) electrons. The molecule has 11 heteroatoms. The van der Waals surface area contributed by atoms with Crippen LogP contribution in [0.5, 0.6) is 0 Å². The lowest BCUT2D eigenvalue weighted by Gasteiger charge is -2.04. The van der Waals surface area contributed by atoms with Crippen LogP contribution in [0, 0.1) is 0 Å². The molecule has 0 saturated heterocycles. The van der Waals surface area contributed by atoms with Gasteiger partial charge in [0.05, 0.1) is 11.3 Å². The molecule has 0 aliphatic rings. The van der Waals surface area contributed by atoms with Gasteiger partial charge in [-0.15, -0.1) is 10.2 Å². The number of aryl methyl sites for hydroxylation is 1. The van der Waals surface area contributed by atoms with Gasteiger partial charge in [0.2, 0.25) is 22.7 Å². The lowest BCUT2D eigenvalue weighted by Crippen LogP contribution is -2.15. The summed E-state index contributed by atoms with van der Waals surface area (Å²) in [5.74, 6) is -0.122. The van der Waals surface area contributed by atoms with Crippen LogP contribution >= 0.6 is 11.8 Å². The number of benzene rings is 1. The van der Waals surface area contributed by atoms with Crippen LogP contribution in [0.4, 0.5) is 11.6 Å². The summed E-state index contributed by atoms with van der Waals surface area (Å²) in [7, 11) is 0. The summed E-state index contributed by atoms with van der Waals surface area (Å²) in [5.41, 5.74) is 8.11. The fourth-order valence-corrected chi connectivity index (χ4v) is 3.36. The molecule has 0 aliphatic carbocycles. The Morgan fingerprint density at radius 1 is 1.30 bits per heavy atom. The zero-order valence-corrected chi connectivity index (χ0v) is 15.2. The number of nitrogen functional groups attached to an aromatic ring is 1. The van der Waals surface area contributed by atoms with Crippen LogP contribution in [0.15, 0.2) is 34.1 Å². The molecular formula is C16H16N8O2S. The third kappa shape index (κ3) is 3.28. The van der Waals surface area contributed by atoms with Crippen molar-refractivity contribution in [3.8, 4) is 0 Å². The maximum absolute atomic E-state index is 12.0. The molecule has 3 heterocycles. The van der Waals surface area contributed by atoms with Gasteiger partial charge in [-0.05, 0) is 22.8 Å². The summed E-state index contributed by atoms with van der Waals surface area (Å²) >= 11 is 1.18. The second kappa shape index (κ2) is 7.19. The number of carbonyl (C=O) groups is 1. The Kier molecular flexibility index (Phi) is 4.59. The Hall–Kier alpha value is -3.21. The van der Waals surface area contributed by atoms with E-state index in [4.69, 9.17) is 5.73 Å². The SMILES string of the molecule is CCCn1c2ccccc2c2nnc(SCC(=O)Nc3nonc3N)nc21. The number of aromatic nitrogens is 6. The lowest BCUT2D eigenvalue weighted by molar-refractivity contribution is -0.113. The summed E-state index contributed by atoms with van der Waals surface area (Å²) < 4.78 is 6.57. The van der Waals surface area contributed by atoms with Crippen molar-refractivity contribution in [2.75, 3.05) is 16.8 Å². The summed E-state index contributed by atoms with van der Waals surface area (Å²) in [6, 6.07) is 8.02. The Morgan fingerprint density at radius 2 is 2.15 bits per heavy atom. The highest BCUT2D eigenvalue weighted by Crippen LogP contribution is 2.27. The monoisotopic (exact) mass is 384 g/mol. The largest absolute Gasteiger partial charge is 0.378 e. The van der Waals surface area contributed by atoms with Crippen LogP contribution in [0.2, 0.25) is 0 Å². The van der Waals surface area contributed by atoms with Crippen LogP contribution in [-0.4, -0.2) is 41.7 Å². The number of rotatable bonds is 6. The highest BCUT2D eigenvalue weighted by Gasteiger charge is 2.16. The molecule has 0 fully saturated rings. The van der Waals surface area contributed by atoms with Crippen molar-refractivity contribution in [1.82, 2.24) is 30.1 Å². The molecule has 0 atom stereocenters. The normalized spacial score (nSPS) is 11.3. The van der Waals surface area contributed by atoms with E-state index >= 15 is 0 Å². The number of thioether (sulfide) groups is 1. The second-order valence-electron chi connectivity index (χ2n) is 5.77. The second-order valence-corrected chi connectivity index (χ2v) is 6.71. The standard InChI is InChI=1S/C16H16N8O2S/c1-2-7-24-10-6-4-3-5-9(10)12-15(24)19-16(21-20-12)27-8-11(25)18-14-13(17)22-26-23-14/h3-6H,2,7-8H2,1H3,(H2,17,22)(H,18,23,25). The molecule has 0 saturated carbocycles. The summed E-state index contributed by atoms with van der Waals surface area (Å²) in [5, 5.41) is 19.4. The molecular weight excluding hydrogens is 368 g/mol. The van der Waals surface area contributed by atoms with Gasteiger partial charge >= 0.3 is 0 Å². The predicted octanol–water partition coefficient (Wildman–Crippen LogP) is 2.09. The number of nitrogens with one attached hydrogen (secondary N) is 1. The first kappa shape index (κ1) is 17.2. The molecule has 10 nitrogen and oxygen atoms in total. The maximum Gasteiger partial charge on any atom is 0.236 e. The molecule has 27 heavy (non-hydrogen) atoms. The molecule has 138 valence electrons. The van der Waals surface area contributed by atoms with Crippen molar-refractivity contribution in [1.29, 1.82) is 0 Å². The van der Waals surface area contributed by atoms with E-state index in [0.29, 0.717) is 5.16 Å². The van der Waals surface area contributed by atoms with Crippen LogP contribution in [0.25, 0.3) is 22.1 Å². The number of nitrogens with two attached hydrogens (primary N) is 1. The minimum Gasteiger partial charge on any atom is -0.378 e. The number of carbonyl (C=O) groups excluding carboxylic acids is 1. The lowest BCUT2D eigenvalue weighted by atomic mass is 10.2. The molecule has 0 spiro atoms. The van der Waals surface area contributed by atoms with E-state index < -0.39 is 0 Å². The summed E-state index contributed by atoms with van der Waals surface area (Å²) in [4.78, 5) is 16.7. The van der Waals surface area contributed by atoms with E-state index in [9.17, 15) is 4.79 Å². The number of para-hydroxylation sites is 1. The Balaban J connectivity index is 1.58. The van der Waals surface area contributed by atoms with E-state index in [-0.39, 0.29) is 23.3 Å². The number of hydrogen-bond acceptors (Lipinski definition) is 9. The van der Waals surface area contributed by atoms with Crippen molar-refractivity contribution >= 4 is 51.4 Å². The Labute approximate surface area is 157 Å². The van der Waals surface area contributed by atoms with E-state index in [1.54, 1.807) is 0 Å². The van der Waals surface area contributed by atoms with Gasteiger partial charge in [0, 0.05) is 11.9 Å². The first-order chi connectivity index (χ1) is 13.2. The van der Waals surface area contributed by atoms with Gasteiger partial charge in [0.25, 0.3) is 0 Å². The summed E-state index contributed by atoms with van der Waals surface area (Å²) in [6.45, 7) is 2.94. The molecule has 4 aromatic rings. The van der Waals surface area contributed by atoms with Crippen molar-refractivity contribution in [3.05, 3.63) is 24.3 Å². The Morgan fingerprint density at radius 3 is 2.93 bits per heavy atom. The van der Waals surface area contributed by atoms with Gasteiger partial charge < -0.3 is 15.6 Å². The highest BCUT2D eigenvalue weighted by molar-refractivity contribution is 7.99. The first-order valence-electron chi connectivity index (χ1n) is 8.29. The van der Waals surface area contributed by atoms with E-state index in [2.05, 4.69) is 46.9 Å². The van der Waals surface area contributed by atoms with Crippen LogP contribution in [0.1, 0.15) is 13.3 Å². The van der Waals surface area contributed by atoms with Crippen molar-refractivity contribution in [2.45, 2.75) is 25.0 Å². The van der Waals surface area contributed by atoms with Crippen molar-refractivity contribution in [3.63, 3.8) is 0 Å². The molecule has 0 bridgehead atoms. The molecule has 3 N–H and O–H groups in total. The minimum absolute atomic E-state index is 0.0248. The molecule has 0 unspecified atom stereocenters. The maximum atomic E-state index is 12.0. The van der Waals surface area contributed by atoms with Gasteiger partial charge in [0.15, 0.2) is 5.65 Å². The number of nitrogens with zero attached hydrogens (tertiary/aromatic N) is 6. The average Bonchev–Trinajstić information content (AvgIpc) is 3.22. The van der Waals surface area contributed by atoms with Gasteiger partial charge in [0.1, 0.15) is 5.52 Å². The number of anilines is 2. The topological polar surface area (TPSA) is 138 Å². The zero-order chi connectivity index (χ0) is 18.8.